The molecular formula is C26H25N3O4. The monoisotopic (exact) mass is 443 g/mol. The number of pyridine rings is 1. The quantitative estimate of drug-likeness (QED) is 0.537. The van der Waals surface area contributed by atoms with E-state index in [1.54, 1.807) is 30.5 Å². The van der Waals surface area contributed by atoms with Crippen molar-refractivity contribution in [2.75, 3.05) is 30.0 Å². The van der Waals surface area contributed by atoms with Gasteiger partial charge < -0.3 is 19.3 Å². The maximum Gasteiger partial charge on any atom is 0.337 e. The van der Waals surface area contributed by atoms with Crippen LogP contribution < -0.4 is 14.5 Å². The number of carbonyl (C=O) groups excluding carboxylic acids is 2. The van der Waals surface area contributed by atoms with E-state index in [0.29, 0.717) is 35.2 Å². The number of ether oxygens (including phenoxy) is 2. The highest BCUT2D eigenvalue weighted by molar-refractivity contribution is 6.10. The van der Waals surface area contributed by atoms with Crippen LogP contribution in [0.4, 0.5) is 11.4 Å². The van der Waals surface area contributed by atoms with Crippen molar-refractivity contribution >= 4 is 23.3 Å². The fourth-order valence-corrected chi connectivity index (χ4v) is 4.22. The minimum absolute atomic E-state index is 0.142. The summed E-state index contributed by atoms with van der Waals surface area (Å²) in [5.74, 6) is 0.221. The van der Waals surface area contributed by atoms with Gasteiger partial charge in [-0.1, -0.05) is 18.2 Å². The second-order valence-electron chi connectivity index (χ2n) is 8.32. The number of hydrogen-bond donors (Lipinski definition) is 0. The maximum absolute atomic E-state index is 13.7. The molecule has 2 aromatic carbocycles. The summed E-state index contributed by atoms with van der Waals surface area (Å²) in [4.78, 5) is 34.0. The average Bonchev–Trinajstić information content (AvgIpc) is 3.69. The molecule has 0 spiro atoms. The maximum atomic E-state index is 13.7. The van der Waals surface area contributed by atoms with Crippen LogP contribution in [0.2, 0.25) is 0 Å². The smallest absolute Gasteiger partial charge is 0.337 e. The Morgan fingerprint density at radius 1 is 1.00 bits per heavy atom. The van der Waals surface area contributed by atoms with Crippen molar-refractivity contribution in [1.82, 2.24) is 4.98 Å². The van der Waals surface area contributed by atoms with Gasteiger partial charge in [0, 0.05) is 25.3 Å². The lowest BCUT2D eigenvalue weighted by Gasteiger charge is -2.38. The summed E-state index contributed by atoms with van der Waals surface area (Å²) < 4.78 is 10.9. The van der Waals surface area contributed by atoms with E-state index in [-0.39, 0.29) is 5.91 Å². The number of anilines is 2. The Kier molecular flexibility index (Phi) is 5.46. The van der Waals surface area contributed by atoms with E-state index in [1.807, 2.05) is 30.0 Å². The van der Waals surface area contributed by atoms with Crippen LogP contribution in [-0.4, -0.2) is 43.1 Å². The Bertz CT molecular complexity index is 1220. The van der Waals surface area contributed by atoms with Gasteiger partial charge in [0.1, 0.15) is 5.75 Å². The van der Waals surface area contributed by atoms with Gasteiger partial charge in [0.2, 0.25) is 0 Å². The number of nitrogens with zero attached hydrogens (tertiary/aromatic N) is 3. The van der Waals surface area contributed by atoms with Gasteiger partial charge in [-0.05, 0) is 55.7 Å². The van der Waals surface area contributed by atoms with Crippen LogP contribution >= 0.6 is 0 Å². The van der Waals surface area contributed by atoms with E-state index in [0.717, 1.165) is 23.5 Å². The molecule has 0 unspecified atom stereocenters. The van der Waals surface area contributed by atoms with Crippen molar-refractivity contribution in [2.45, 2.75) is 25.8 Å². The predicted octanol–water partition coefficient (Wildman–Crippen LogP) is 4.60. The minimum Gasteiger partial charge on any atom is -0.465 e. The Morgan fingerprint density at radius 2 is 1.79 bits per heavy atom. The van der Waals surface area contributed by atoms with Gasteiger partial charge in [0.25, 0.3) is 5.91 Å². The molecule has 33 heavy (non-hydrogen) atoms. The van der Waals surface area contributed by atoms with Gasteiger partial charge in [-0.25, -0.2) is 4.79 Å². The van der Waals surface area contributed by atoms with Crippen LogP contribution in [0.25, 0.3) is 0 Å². The summed E-state index contributed by atoms with van der Waals surface area (Å²) in [5, 5.41) is 0. The Balaban J connectivity index is 1.47. The fraction of sp³-hybridized carbons (Fsp3) is 0.269. The molecule has 168 valence electrons. The molecule has 1 aliphatic heterocycles. The topological polar surface area (TPSA) is 72.0 Å². The number of hydrogen-bond acceptors (Lipinski definition) is 6. The van der Waals surface area contributed by atoms with Crippen molar-refractivity contribution in [3.8, 4) is 11.5 Å². The van der Waals surface area contributed by atoms with Crippen molar-refractivity contribution in [1.29, 1.82) is 0 Å². The first-order valence-corrected chi connectivity index (χ1v) is 11.0. The fourth-order valence-electron chi connectivity index (χ4n) is 4.22. The van der Waals surface area contributed by atoms with Crippen molar-refractivity contribution in [2.24, 2.45) is 0 Å². The molecule has 7 nitrogen and oxygen atoms in total. The van der Waals surface area contributed by atoms with Crippen molar-refractivity contribution in [3.63, 3.8) is 0 Å². The van der Waals surface area contributed by atoms with E-state index in [4.69, 9.17) is 9.47 Å². The summed E-state index contributed by atoms with van der Waals surface area (Å²) in [6.45, 7) is 3.28. The molecular weight excluding hydrogens is 418 g/mol. The highest BCUT2D eigenvalue weighted by Gasteiger charge is 2.36. The number of methoxy groups -OCH3 is 1. The molecule has 5 rings (SSSR count). The molecule has 0 bridgehead atoms. The molecule has 0 N–H and O–H groups in total. The predicted molar refractivity (Wildman–Crippen MR) is 125 cm³/mol. The Labute approximate surface area is 192 Å². The third-order valence-corrected chi connectivity index (χ3v) is 6.12. The van der Waals surface area contributed by atoms with Crippen LogP contribution in [0.15, 0.2) is 60.9 Å². The third-order valence-electron chi connectivity index (χ3n) is 6.12. The zero-order valence-electron chi connectivity index (χ0n) is 18.7. The van der Waals surface area contributed by atoms with Crippen molar-refractivity contribution < 1.29 is 19.1 Å². The molecule has 1 amide bonds. The highest BCUT2D eigenvalue weighted by Crippen LogP contribution is 2.41. The molecule has 0 radical (unpaired) electrons. The Hall–Kier alpha value is -3.87. The number of esters is 1. The first kappa shape index (κ1) is 21.0. The van der Waals surface area contributed by atoms with E-state index in [9.17, 15) is 9.59 Å². The first-order valence-electron chi connectivity index (χ1n) is 11.0. The van der Waals surface area contributed by atoms with E-state index < -0.39 is 5.97 Å². The normalized spacial score (nSPS) is 15.1. The average molecular weight is 444 g/mol. The summed E-state index contributed by atoms with van der Waals surface area (Å²) in [5.41, 5.74) is 3.63. The number of rotatable bonds is 5. The molecule has 3 aromatic rings. The van der Waals surface area contributed by atoms with Gasteiger partial charge in [-0.3, -0.25) is 9.78 Å². The SMILES string of the molecule is COC(=O)c1ccc(C)c(Oc2cnccc2C(=O)N2CCN(C3CC3)c3ccccc32)c1. The highest BCUT2D eigenvalue weighted by atomic mass is 16.5. The largest absolute Gasteiger partial charge is 0.465 e. The van der Waals surface area contributed by atoms with Gasteiger partial charge in [0.15, 0.2) is 5.75 Å². The van der Waals surface area contributed by atoms with E-state index >= 15 is 0 Å². The van der Waals surface area contributed by atoms with Crippen LogP contribution in [-0.2, 0) is 4.74 Å². The molecule has 1 fully saturated rings. The van der Waals surface area contributed by atoms with Gasteiger partial charge in [-0.15, -0.1) is 0 Å². The molecule has 2 aliphatic rings. The standard InChI is InChI=1S/C26H25N3O4/c1-17-7-8-18(26(31)32-2)15-23(17)33-24-16-27-12-11-20(24)25(30)29-14-13-28(19-9-10-19)21-5-3-4-6-22(21)29/h3-8,11-12,15-16,19H,9-10,13-14H2,1-2H3. The lowest BCUT2D eigenvalue weighted by Crippen LogP contribution is -2.45. The number of benzene rings is 2. The van der Waals surface area contributed by atoms with Gasteiger partial charge >= 0.3 is 5.97 Å². The molecule has 1 aromatic heterocycles. The lowest BCUT2D eigenvalue weighted by atomic mass is 10.1. The lowest BCUT2D eigenvalue weighted by molar-refractivity contribution is 0.0600. The number of carbonyl (C=O) groups is 2. The number of aryl methyl sites for hydroxylation is 1. The molecule has 0 atom stereocenters. The summed E-state index contributed by atoms with van der Waals surface area (Å²) in [7, 11) is 1.33. The van der Waals surface area contributed by atoms with E-state index in [2.05, 4.69) is 16.0 Å². The molecule has 1 saturated carbocycles. The summed E-state index contributed by atoms with van der Waals surface area (Å²) in [6.07, 6.45) is 5.53. The Morgan fingerprint density at radius 3 is 2.55 bits per heavy atom. The summed E-state index contributed by atoms with van der Waals surface area (Å²) >= 11 is 0. The molecule has 0 saturated heterocycles. The molecule has 2 heterocycles. The number of fused-ring (bicyclic) bond motifs is 1. The second kappa shape index (κ2) is 8.58. The number of para-hydroxylation sites is 2. The van der Waals surface area contributed by atoms with Gasteiger partial charge in [-0.2, -0.15) is 0 Å². The number of aromatic nitrogens is 1. The van der Waals surface area contributed by atoms with Crippen molar-refractivity contribution in [3.05, 3.63) is 77.6 Å². The van der Waals surface area contributed by atoms with Crippen LogP contribution in [0, 0.1) is 6.92 Å². The third kappa shape index (κ3) is 4.02. The first-order chi connectivity index (χ1) is 16.1. The van der Waals surface area contributed by atoms with Crippen LogP contribution in [0.3, 0.4) is 0 Å². The zero-order valence-corrected chi connectivity index (χ0v) is 18.7. The van der Waals surface area contributed by atoms with Crippen LogP contribution in [0.1, 0.15) is 39.1 Å². The molecule has 7 heteroatoms. The van der Waals surface area contributed by atoms with E-state index in [1.165, 1.54) is 26.1 Å². The summed E-state index contributed by atoms with van der Waals surface area (Å²) in [6, 6.07) is 15.4. The van der Waals surface area contributed by atoms with Crippen LogP contribution in [0.5, 0.6) is 11.5 Å². The number of amides is 1. The molecule has 1 aliphatic carbocycles. The minimum atomic E-state index is -0.451. The second-order valence-corrected chi connectivity index (χ2v) is 8.32. The van der Waals surface area contributed by atoms with Gasteiger partial charge in [0.05, 0.1) is 35.8 Å². The zero-order chi connectivity index (χ0) is 22.9.